The Kier molecular flexibility index (Phi) is 4.80. The SMILES string of the molecule is Cc1cc(NC(=O)c2ccccc2)n(-c2nc3ccccc3n2CC2CCCO2)n1. The van der Waals surface area contributed by atoms with Gasteiger partial charge in [0.25, 0.3) is 5.91 Å². The van der Waals surface area contributed by atoms with Gasteiger partial charge in [0.15, 0.2) is 0 Å². The number of carbonyl (C=O) groups excluding carboxylic acids is 1. The quantitative estimate of drug-likeness (QED) is 0.549. The number of imidazole rings is 1. The molecular weight excluding hydrogens is 378 g/mol. The summed E-state index contributed by atoms with van der Waals surface area (Å²) in [5, 5.41) is 7.62. The van der Waals surface area contributed by atoms with Crippen molar-refractivity contribution in [3.05, 3.63) is 71.9 Å². The van der Waals surface area contributed by atoms with Gasteiger partial charge in [0.2, 0.25) is 5.95 Å². The molecule has 152 valence electrons. The second-order valence-corrected chi connectivity index (χ2v) is 7.55. The van der Waals surface area contributed by atoms with E-state index in [0.717, 1.165) is 36.2 Å². The zero-order valence-corrected chi connectivity index (χ0v) is 16.8. The molecule has 7 heteroatoms. The Bertz CT molecular complexity index is 1190. The summed E-state index contributed by atoms with van der Waals surface area (Å²) >= 11 is 0. The van der Waals surface area contributed by atoms with Crippen molar-refractivity contribution in [2.24, 2.45) is 0 Å². The van der Waals surface area contributed by atoms with E-state index in [-0.39, 0.29) is 12.0 Å². The van der Waals surface area contributed by atoms with E-state index in [9.17, 15) is 4.79 Å². The Hall–Kier alpha value is -3.45. The zero-order valence-electron chi connectivity index (χ0n) is 16.8. The van der Waals surface area contributed by atoms with Crippen LogP contribution in [-0.4, -0.2) is 37.9 Å². The number of anilines is 1. The summed E-state index contributed by atoms with van der Waals surface area (Å²) in [5.74, 6) is 1.08. The summed E-state index contributed by atoms with van der Waals surface area (Å²) in [5.41, 5.74) is 3.31. The summed E-state index contributed by atoms with van der Waals surface area (Å²) in [6.07, 6.45) is 2.26. The number of rotatable bonds is 5. The van der Waals surface area contributed by atoms with Crippen molar-refractivity contribution < 1.29 is 9.53 Å². The lowest BCUT2D eigenvalue weighted by atomic mass is 10.2. The van der Waals surface area contributed by atoms with Gasteiger partial charge in [-0.1, -0.05) is 30.3 Å². The Morgan fingerprint density at radius 1 is 1.17 bits per heavy atom. The van der Waals surface area contributed by atoms with E-state index >= 15 is 0 Å². The minimum Gasteiger partial charge on any atom is -0.376 e. The first-order valence-electron chi connectivity index (χ1n) is 10.2. The van der Waals surface area contributed by atoms with Gasteiger partial charge < -0.3 is 14.6 Å². The summed E-state index contributed by atoms with van der Waals surface area (Å²) in [6.45, 7) is 3.40. The third kappa shape index (κ3) is 3.48. The molecule has 0 aliphatic carbocycles. The van der Waals surface area contributed by atoms with Crippen LogP contribution in [0, 0.1) is 6.92 Å². The predicted molar refractivity (Wildman–Crippen MR) is 115 cm³/mol. The van der Waals surface area contributed by atoms with Gasteiger partial charge in [0.1, 0.15) is 5.82 Å². The van der Waals surface area contributed by atoms with Crippen LogP contribution in [-0.2, 0) is 11.3 Å². The van der Waals surface area contributed by atoms with Crippen molar-refractivity contribution in [3.63, 3.8) is 0 Å². The lowest BCUT2D eigenvalue weighted by Crippen LogP contribution is -2.20. The van der Waals surface area contributed by atoms with Gasteiger partial charge in [0, 0.05) is 18.2 Å². The van der Waals surface area contributed by atoms with E-state index in [1.165, 1.54) is 0 Å². The molecule has 5 rings (SSSR count). The van der Waals surface area contributed by atoms with E-state index in [1.807, 2.05) is 49.4 Å². The Balaban J connectivity index is 1.56. The molecule has 1 unspecified atom stereocenters. The van der Waals surface area contributed by atoms with E-state index in [0.29, 0.717) is 23.9 Å². The Morgan fingerprint density at radius 2 is 1.97 bits per heavy atom. The molecule has 30 heavy (non-hydrogen) atoms. The average Bonchev–Trinajstić information content (AvgIpc) is 3.49. The third-order valence-electron chi connectivity index (χ3n) is 5.34. The third-order valence-corrected chi connectivity index (χ3v) is 5.34. The molecule has 3 heterocycles. The van der Waals surface area contributed by atoms with Crippen molar-refractivity contribution in [2.45, 2.75) is 32.4 Å². The first-order chi connectivity index (χ1) is 14.7. The fraction of sp³-hybridized carbons (Fsp3) is 0.261. The Labute approximate surface area is 174 Å². The van der Waals surface area contributed by atoms with Gasteiger partial charge in [-0.2, -0.15) is 9.78 Å². The number of hydrogen-bond donors (Lipinski definition) is 1. The number of para-hydroxylation sites is 2. The maximum atomic E-state index is 12.7. The lowest BCUT2D eigenvalue weighted by molar-refractivity contribution is 0.0976. The van der Waals surface area contributed by atoms with Crippen LogP contribution < -0.4 is 5.32 Å². The van der Waals surface area contributed by atoms with E-state index in [2.05, 4.69) is 21.0 Å². The molecule has 1 fully saturated rings. The average molecular weight is 401 g/mol. The second kappa shape index (κ2) is 7.76. The molecule has 1 aliphatic rings. The van der Waals surface area contributed by atoms with Crippen molar-refractivity contribution >= 4 is 22.8 Å². The summed E-state index contributed by atoms with van der Waals surface area (Å²) in [6, 6.07) is 19.0. The number of hydrogen-bond acceptors (Lipinski definition) is 4. The van der Waals surface area contributed by atoms with Crippen molar-refractivity contribution in [3.8, 4) is 5.95 Å². The van der Waals surface area contributed by atoms with Crippen LogP contribution in [0.5, 0.6) is 0 Å². The number of benzene rings is 2. The minimum atomic E-state index is -0.182. The number of aryl methyl sites for hydroxylation is 1. The number of fused-ring (bicyclic) bond motifs is 1. The van der Waals surface area contributed by atoms with Crippen LogP contribution in [0.3, 0.4) is 0 Å². The smallest absolute Gasteiger partial charge is 0.256 e. The molecule has 1 saturated heterocycles. The van der Waals surface area contributed by atoms with Crippen LogP contribution in [0.2, 0.25) is 0 Å². The molecule has 0 spiro atoms. The first kappa shape index (κ1) is 18.6. The molecule has 2 aromatic heterocycles. The fourth-order valence-corrected chi connectivity index (χ4v) is 3.92. The van der Waals surface area contributed by atoms with E-state index < -0.39 is 0 Å². The molecule has 0 saturated carbocycles. The lowest BCUT2D eigenvalue weighted by Gasteiger charge is -2.15. The number of nitrogens with one attached hydrogen (secondary N) is 1. The maximum absolute atomic E-state index is 12.7. The van der Waals surface area contributed by atoms with Gasteiger partial charge in [0.05, 0.1) is 29.4 Å². The molecule has 0 bridgehead atoms. The number of nitrogens with zero attached hydrogens (tertiary/aromatic N) is 4. The summed E-state index contributed by atoms with van der Waals surface area (Å²) < 4.78 is 9.72. The highest BCUT2D eigenvalue weighted by Crippen LogP contribution is 2.25. The topological polar surface area (TPSA) is 74.0 Å². The largest absolute Gasteiger partial charge is 0.376 e. The van der Waals surface area contributed by atoms with Gasteiger partial charge in [-0.05, 0) is 44.0 Å². The Morgan fingerprint density at radius 3 is 2.77 bits per heavy atom. The van der Waals surface area contributed by atoms with Crippen LogP contribution in [0.4, 0.5) is 5.82 Å². The molecule has 1 amide bonds. The number of aromatic nitrogens is 4. The van der Waals surface area contributed by atoms with Crippen molar-refractivity contribution in [2.75, 3.05) is 11.9 Å². The fourth-order valence-electron chi connectivity index (χ4n) is 3.92. The highest BCUT2D eigenvalue weighted by atomic mass is 16.5. The number of carbonyl (C=O) groups is 1. The molecule has 7 nitrogen and oxygen atoms in total. The summed E-state index contributed by atoms with van der Waals surface area (Å²) in [4.78, 5) is 17.6. The summed E-state index contributed by atoms with van der Waals surface area (Å²) in [7, 11) is 0. The van der Waals surface area contributed by atoms with E-state index in [1.54, 1.807) is 16.8 Å². The molecule has 2 aromatic carbocycles. The highest BCUT2D eigenvalue weighted by molar-refractivity contribution is 6.03. The molecular formula is C23H23N5O2. The van der Waals surface area contributed by atoms with Gasteiger partial charge >= 0.3 is 0 Å². The van der Waals surface area contributed by atoms with Crippen LogP contribution in [0.25, 0.3) is 17.0 Å². The van der Waals surface area contributed by atoms with E-state index in [4.69, 9.17) is 9.72 Å². The standard InChI is InChI=1S/C23H23N5O2/c1-16-14-21(25-22(29)17-8-3-2-4-9-17)28(26-16)23-24-19-11-5-6-12-20(19)27(23)15-18-10-7-13-30-18/h2-6,8-9,11-12,14,18H,7,10,13,15H2,1H3,(H,25,29). The van der Waals surface area contributed by atoms with Crippen molar-refractivity contribution in [1.82, 2.24) is 19.3 Å². The van der Waals surface area contributed by atoms with Gasteiger partial charge in [-0.15, -0.1) is 0 Å². The van der Waals surface area contributed by atoms with Crippen LogP contribution in [0.1, 0.15) is 28.9 Å². The molecule has 0 radical (unpaired) electrons. The monoisotopic (exact) mass is 401 g/mol. The van der Waals surface area contributed by atoms with Gasteiger partial charge in [-0.25, -0.2) is 4.98 Å². The molecule has 1 N–H and O–H groups in total. The maximum Gasteiger partial charge on any atom is 0.256 e. The van der Waals surface area contributed by atoms with Crippen LogP contribution in [0.15, 0.2) is 60.7 Å². The molecule has 1 aliphatic heterocycles. The van der Waals surface area contributed by atoms with Gasteiger partial charge in [-0.3, -0.25) is 4.79 Å². The molecule has 4 aromatic rings. The molecule has 1 atom stereocenters. The first-order valence-corrected chi connectivity index (χ1v) is 10.2. The number of amides is 1. The van der Waals surface area contributed by atoms with Crippen molar-refractivity contribution in [1.29, 1.82) is 0 Å². The van der Waals surface area contributed by atoms with Crippen LogP contribution >= 0.6 is 0 Å². The minimum absolute atomic E-state index is 0.153. The second-order valence-electron chi connectivity index (χ2n) is 7.55. The highest BCUT2D eigenvalue weighted by Gasteiger charge is 2.23. The number of ether oxygens (including phenoxy) is 1. The predicted octanol–water partition coefficient (Wildman–Crippen LogP) is 3.96. The normalized spacial score (nSPS) is 16.2. The zero-order chi connectivity index (χ0) is 20.5.